The van der Waals surface area contributed by atoms with Crippen LogP contribution in [0.3, 0.4) is 0 Å². The normalized spacial score (nSPS) is 21.6. The van der Waals surface area contributed by atoms with Crippen LogP contribution in [-0.2, 0) is 9.16 Å². The zero-order chi connectivity index (χ0) is 13.1. The summed E-state index contributed by atoms with van der Waals surface area (Å²) in [6.07, 6.45) is 0.656. The summed E-state index contributed by atoms with van der Waals surface area (Å²) in [5.74, 6) is 0. The molecule has 1 aliphatic heterocycles. The van der Waals surface area contributed by atoms with Crippen molar-refractivity contribution >= 4 is 19.4 Å². The van der Waals surface area contributed by atoms with Crippen molar-refractivity contribution in [3.05, 3.63) is 60.7 Å². The Kier molecular flexibility index (Phi) is 3.78. The average Bonchev–Trinajstić information content (AvgIpc) is 3.17. The standard InChI is InChI=1S/C16H18O2Si/c1-13-16(18-13)12-17-19(14-8-4-2-5-9-14)15-10-6-3-7-11-15/h2-11,13,16,19H,12H2,1H3/t13-,16+/m0/s1. The fourth-order valence-electron chi connectivity index (χ4n) is 2.24. The Morgan fingerprint density at radius 2 is 1.42 bits per heavy atom. The first-order valence-corrected chi connectivity index (χ1v) is 8.34. The van der Waals surface area contributed by atoms with Crippen molar-refractivity contribution in [3.63, 3.8) is 0 Å². The molecule has 1 aliphatic rings. The van der Waals surface area contributed by atoms with Crippen molar-refractivity contribution in [1.82, 2.24) is 0 Å². The van der Waals surface area contributed by atoms with Crippen LogP contribution in [0.15, 0.2) is 60.7 Å². The van der Waals surface area contributed by atoms with E-state index in [1.165, 1.54) is 10.4 Å². The van der Waals surface area contributed by atoms with Gasteiger partial charge in [-0.25, -0.2) is 0 Å². The number of epoxide rings is 1. The average molecular weight is 270 g/mol. The second kappa shape index (κ2) is 5.69. The molecule has 0 N–H and O–H groups in total. The maximum absolute atomic E-state index is 6.22. The maximum atomic E-state index is 6.22. The minimum atomic E-state index is -1.57. The lowest BCUT2D eigenvalue weighted by atomic mass is 10.4. The van der Waals surface area contributed by atoms with Crippen molar-refractivity contribution in [1.29, 1.82) is 0 Å². The Morgan fingerprint density at radius 3 is 1.84 bits per heavy atom. The second-order valence-electron chi connectivity index (χ2n) is 4.91. The molecule has 98 valence electrons. The Morgan fingerprint density at radius 1 is 0.947 bits per heavy atom. The highest BCUT2D eigenvalue weighted by Gasteiger charge is 2.35. The number of ether oxygens (including phenoxy) is 1. The fraction of sp³-hybridized carbons (Fsp3) is 0.250. The fourth-order valence-corrected chi connectivity index (χ4v) is 4.53. The van der Waals surface area contributed by atoms with Crippen molar-refractivity contribution in [2.24, 2.45) is 0 Å². The number of hydrogen-bond acceptors (Lipinski definition) is 2. The molecular formula is C16H18O2Si. The van der Waals surface area contributed by atoms with E-state index in [4.69, 9.17) is 9.16 Å². The second-order valence-corrected chi connectivity index (χ2v) is 7.34. The highest BCUT2D eigenvalue weighted by atomic mass is 28.3. The van der Waals surface area contributed by atoms with E-state index in [9.17, 15) is 0 Å². The molecule has 2 nitrogen and oxygen atoms in total. The van der Waals surface area contributed by atoms with Crippen molar-refractivity contribution in [3.8, 4) is 0 Å². The molecule has 0 bridgehead atoms. The quantitative estimate of drug-likeness (QED) is 0.604. The highest BCUT2D eigenvalue weighted by molar-refractivity contribution is 6.80. The number of rotatable bonds is 5. The molecule has 1 heterocycles. The molecule has 2 aromatic rings. The van der Waals surface area contributed by atoms with E-state index >= 15 is 0 Å². The summed E-state index contributed by atoms with van der Waals surface area (Å²) < 4.78 is 11.7. The highest BCUT2D eigenvalue weighted by Crippen LogP contribution is 2.20. The molecule has 2 atom stereocenters. The summed E-state index contributed by atoms with van der Waals surface area (Å²) in [4.78, 5) is 0. The van der Waals surface area contributed by atoms with E-state index < -0.39 is 9.04 Å². The van der Waals surface area contributed by atoms with Gasteiger partial charge in [-0.15, -0.1) is 0 Å². The van der Waals surface area contributed by atoms with Crippen LogP contribution in [0.1, 0.15) is 6.92 Å². The van der Waals surface area contributed by atoms with Gasteiger partial charge in [-0.2, -0.15) is 0 Å². The van der Waals surface area contributed by atoms with Gasteiger partial charge >= 0.3 is 0 Å². The smallest absolute Gasteiger partial charge is 0.239 e. The lowest BCUT2D eigenvalue weighted by Gasteiger charge is -2.16. The molecule has 0 radical (unpaired) electrons. The van der Waals surface area contributed by atoms with E-state index in [1.54, 1.807) is 0 Å². The minimum Gasteiger partial charge on any atom is -0.408 e. The molecule has 3 heteroatoms. The van der Waals surface area contributed by atoms with Crippen LogP contribution in [-0.4, -0.2) is 27.9 Å². The first kappa shape index (κ1) is 12.6. The van der Waals surface area contributed by atoms with E-state index in [0.717, 1.165) is 0 Å². The van der Waals surface area contributed by atoms with Gasteiger partial charge in [0, 0.05) is 0 Å². The third-order valence-corrected chi connectivity index (χ3v) is 5.97. The van der Waals surface area contributed by atoms with Crippen LogP contribution < -0.4 is 10.4 Å². The molecule has 0 saturated carbocycles. The van der Waals surface area contributed by atoms with Gasteiger partial charge in [-0.05, 0) is 17.3 Å². The monoisotopic (exact) mass is 270 g/mol. The van der Waals surface area contributed by atoms with Crippen LogP contribution in [0.4, 0.5) is 0 Å². The number of hydrogen-bond donors (Lipinski definition) is 0. The van der Waals surface area contributed by atoms with Gasteiger partial charge in [-0.1, -0.05) is 60.7 Å². The summed E-state index contributed by atoms with van der Waals surface area (Å²) >= 11 is 0. The van der Waals surface area contributed by atoms with Gasteiger partial charge in [0.05, 0.1) is 12.7 Å². The molecule has 0 aliphatic carbocycles. The van der Waals surface area contributed by atoms with Crippen LogP contribution in [0, 0.1) is 0 Å². The molecule has 1 saturated heterocycles. The lowest BCUT2D eigenvalue weighted by Crippen LogP contribution is -2.45. The van der Waals surface area contributed by atoms with E-state index in [-0.39, 0.29) is 0 Å². The minimum absolute atomic E-state index is 0.294. The first-order valence-electron chi connectivity index (χ1n) is 6.71. The van der Waals surface area contributed by atoms with Gasteiger partial charge < -0.3 is 9.16 Å². The SMILES string of the molecule is C[C@@H]1O[C@@H]1CO[SiH](c1ccccc1)c1ccccc1. The van der Waals surface area contributed by atoms with E-state index in [1.807, 2.05) is 12.1 Å². The Balaban J connectivity index is 1.79. The Labute approximate surface area is 115 Å². The van der Waals surface area contributed by atoms with Crippen LogP contribution in [0.5, 0.6) is 0 Å². The Hall–Kier alpha value is -1.42. The Bertz CT molecular complexity index is 475. The van der Waals surface area contributed by atoms with Crippen molar-refractivity contribution in [2.75, 3.05) is 6.61 Å². The lowest BCUT2D eigenvalue weighted by molar-refractivity contribution is 0.268. The van der Waals surface area contributed by atoms with Gasteiger partial charge in [0.15, 0.2) is 0 Å². The molecule has 0 aromatic heterocycles. The van der Waals surface area contributed by atoms with Gasteiger partial charge in [0.25, 0.3) is 0 Å². The molecule has 19 heavy (non-hydrogen) atoms. The predicted octanol–water partition coefficient (Wildman–Crippen LogP) is 1.33. The van der Waals surface area contributed by atoms with E-state index in [2.05, 4.69) is 55.5 Å². The summed E-state index contributed by atoms with van der Waals surface area (Å²) in [6.45, 7) is 2.80. The van der Waals surface area contributed by atoms with Crippen LogP contribution in [0.2, 0.25) is 0 Å². The molecular weight excluding hydrogens is 252 g/mol. The van der Waals surface area contributed by atoms with Gasteiger partial charge in [-0.3, -0.25) is 0 Å². The van der Waals surface area contributed by atoms with Crippen LogP contribution in [0.25, 0.3) is 0 Å². The molecule has 3 rings (SSSR count). The third kappa shape index (κ3) is 3.12. The first-order chi connectivity index (χ1) is 9.34. The summed E-state index contributed by atoms with van der Waals surface area (Å²) in [5.41, 5.74) is 0. The van der Waals surface area contributed by atoms with Gasteiger partial charge in [0.1, 0.15) is 6.10 Å². The van der Waals surface area contributed by atoms with Crippen LogP contribution >= 0.6 is 0 Å². The maximum Gasteiger partial charge on any atom is 0.239 e. The summed E-state index contributed by atoms with van der Waals surface area (Å²) in [7, 11) is -1.57. The summed E-state index contributed by atoms with van der Waals surface area (Å²) in [5, 5.41) is 2.64. The molecule has 1 fully saturated rings. The topological polar surface area (TPSA) is 21.8 Å². The summed E-state index contributed by atoms with van der Waals surface area (Å²) in [6, 6.07) is 21.1. The largest absolute Gasteiger partial charge is 0.408 e. The predicted molar refractivity (Wildman–Crippen MR) is 79.6 cm³/mol. The van der Waals surface area contributed by atoms with Gasteiger partial charge in [0.2, 0.25) is 9.04 Å². The van der Waals surface area contributed by atoms with Crippen molar-refractivity contribution in [2.45, 2.75) is 19.1 Å². The molecule has 2 aromatic carbocycles. The molecule has 0 amide bonds. The zero-order valence-corrected chi connectivity index (χ0v) is 12.2. The third-order valence-electron chi connectivity index (χ3n) is 3.47. The van der Waals surface area contributed by atoms with E-state index in [0.29, 0.717) is 18.8 Å². The number of benzene rings is 2. The molecule has 0 spiro atoms. The van der Waals surface area contributed by atoms with Crippen molar-refractivity contribution < 1.29 is 9.16 Å². The zero-order valence-electron chi connectivity index (χ0n) is 11.0. The molecule has 0 unspecified atom stereocenters.